The molecule has 4 nitrogen and oxygen atoms in total. The quantitative estimate of drug-likeness (QED) is 0.364. The summed E-state index contributed by atoms with van der Waals surface area (Å²) in [4.78, 5) is 15.8. The fourth-order valence-corrected chi connectivity index (χ4v) is 0.807. The maximum absolute atomic E-state index is 11.0. The van der Waals surface area contributed by atoms with Crippen LogP contribution >= 0.6 is 7.81 Å². The molecule has 0 aliphatic carbocycles. The topological polar surface area (TPSA) is 39.4 Å². The minimum absolute atomic E-state index is 0.374. The van der Waals surface area contributed by atoms with Gasteiger partial charge in [0.2, 0.25) is 12.4 Å². The number of esters is 1. The van der Waals surface area contributed by atoms with Crippen molar-refractivity contribution in [3.05, 3.63) is 30.1 Å². The molecule has 0 bridgehead atoms. The zero-order chi connectivity index (χ0) is 15.4. The summed E-state index contributed by atoms with van der Waals surface area (Å²) >= 11 is 0. The van der Waals surface area contributed by atoms with Crippen molar-refractivity contribution < 1.29 is 44.3 Å². The van der Waals surface area contributed by atoms with E-state index in [4.69, 9.17) is 4.84 Å². The Morgan fingerprint density at radius 2 is 1.63 bits per heavy atom. The van der Waals surface area contributed by atoms with E-state index in [9.17, 15) is 30.0 Å². The molecule has 1 aromatic rings. The van der Waals surface area contributed by atoms with Crippen LogP contribution in [0.25, 0.3) is 0 Å². The molecule has 0 spiro atoms. The van der Waals surface area contributed by atoms with Crippen molar-refractivity contribution in [1.82, 2.24) is 0 Å². The van der Waals surface area contributed by atoms with E-state index >= 15 is 0 Å². The summed E-state index contributed by atoms with van der Waals surface area (Å²) in [5.74, 6) is -0.374. The van der Waals surface area contributed by atoms with E-state index in [0.717, 1.165) is 0 Å². The summed E-state index contributed by atoms with van der Waals surface area (Å²) in [5.41, 5.74) is 0.460. The molecule has 0 fully saturated rings. The Kier molecular flexibility index (Phi) is 4.44. The Morgan fingerprint density at radius 1 is 1.16 bits per heavy atom. The number of ether oxygens (including phenoxy) is 1. The Labute approximate surface area is 103 Å². The Hall–Kier alpha value is -1.57. The minimum atomic E-state index is -10.7. The number of carbonyl (C=O) groups excluding carboxylic acids is 1. The molecule has 0 amide bonds. The van der Waals surface area contributed by atoms with Crippen LogP contribution in [0.5, 0.6) is 0 Å². The molecule has 0 saturated heterocycles. The number of carbonyl (C=O) groups is 1. The molecule has 1 aromatic heterocycles. The van der Waals surface area contributed by atoms with Gasteiger partial charge in [-0.2, -0.15) is 0 Å². The molecule has 1 heterocycles. The van der Waals surface area contributed by atoms with Gasteiger partial charge < -0.3 is 4.74 Å². The molecule has 112 valence electrons. The third kappa shape index (κ3) is 12.7. The summed E-state index contributed by atoms with van der Waals surface area (Å²) in [6, 6.07) is 3.36. The molecular formula is C8H10F6NO3P. The van der Waals surface area contributed by atoms with Crippen LogP contribution in [0.4, 0.5) is 25.2 Å². The third-order valence-electron chi connectivity index (χ3n) is 1.41. The van der Waals surface area contributed by atoms with Gasteiger partial charge in [-0.15, -0.1) is 0 Å². The number of halogens is 6. The number of hydrogen-bond acceptors (Lipinski definition) is 3. The van der Waals surface area contributed by atoms with Crippen LogP contribution in [0.2, 0.25) is 0 Å². The van der Waals surface area contributed by atoms with Crippen LogP contribution in [0, 0.1) is 0 Å². The Morgan fingerprint density at radius 3 is 2.00 bits per heavy atom. The average molecular weight is 313 g/mol. The van der Waals surface area contributed by atoms with Gasteiger partial charge in [0.15, 0.2) is 0 Å². The third-order valence-corrected chi connectivity index (χ3v) is 1.41. The first-order valence-electron chi connectivity index (χ1n) is 4.43. The monoisotopic (exact) mass is 313 g/mol. The van der Waals surface area contributed by atoms with Crippen LogP contribution in [-0.2, 0) is 4.74 Å². The van der Waals surface area contributed by atoms with Gasteiger partial charge in [-0.3, -0.25) is 4.84 Å². The van der Waals surface area contributed by atoms with E-state index in [-0.39, 0.29) is 5.97 Å². The number of nitrogens with zero attached hydrogens (tertiary/aromatic N) is 1. The normalized spacial score (nSPS) is 14.3. The summed E-state index contributed by atoms with van der Waals surface area (Å²) in [5, 5.41) is 0. The fourth-order valence-electron chi connectivity index (χ4n) is 0.807. The molecular weight excluding hydrogens is 303 g/mol. The van der Waals surface area contributed by atoms with E-state index in [1.165, 1.54) is 19.0 Å². The zero-order valence-corrected chi connectivity index (χ0v) is 10.6. The van der Waals surface area contributed by atoms with Crippen LogP contribution in [0.1, 0.15) is 10.4 Å². The van der Waals surface area contributed by atoms with Crippen molar-refractivity contribution in [2.45, 2.75) is 0 Å². The van der Waals surface area contributed by atoms with E-state index in [1.54, 1.807) is 24.5 Å². The van der Waals surface area contributed by atoms with Gasteiger partial charge >= 0.3 is 39.0 Å². The van der Waals surface area contributed by atoms with Gasteiger partial charge in [0.05, 0.1) is 7.11 Å². The number of rotatable bonds is 2. The van der Waals surface area contributed by atoms with Crippen LogP contribution < -0.4 is 9.57 Å². The second-order valence-corrected chi connectivity index (χ2v) is 5.00. The number of hydrogen-bond donors (Lipinski definition) is 0. The average Bonchev–Trinajstić information content (AvgIpc) is 2.24. The molecule has 11 heteroatoms. The predicted octanol–water partition coefficient (Wildman–Crippen LogP) is 3.20. The van der Waals surface area contributed by atoms with Crippen molar-refractivity contribution in [3.63, 3.8) is 0 Å². The van der Waals surface area contributed by atoms with Crippen molar-refractivity contribution >= 4 is 13.8 Å². The summed E-state index contributed by atoms with van der Waals surface area (Å²) in [6.45, 7) is 0. The van der Waals surface area contributed by atoms with Crippen LogP contribution in [0.3, 0.4) is 0 Å². The van der Waals surface area contributed by atoms with Gasteiger partial charge in [-0.05, 0) is 6.07 Å². The summed E-state index contributed by atoms with van der Waals surface area (Å²) < 4.78 is 65.1. The van der Waals surface area contributed by atoms with E-state index in [0.29, 0.717) is 5.56 Å². The van der Waals surface area contributed by atoms with Crippen molar-refractivity contribution in [2.75, 3.05) is 14.2 Å². The first kappa shape index (κ1) is 17.4. The standard InChI is InChI=1S/C8H10NO3.F6P/c1-11-8(10)7-4-3-5-9(6-7)12-2;1-7(2,3,4,5)6/h3-6H,1-2H3;/q+1;-1. The van der Waals surface area contributed by atoms with Crippen LogP contribution in [0.15, 0.2) is 24.5 Å². The van der Waals surface area contributed by atoms with E-state index in [2.05, 4.69) is 4.74 Å². The molecule has 0 aliphatic heterocycles. The van der Waals surface area contributed by atoms with Crippen LogP contribution in [-0.4, -0.2) is 20.2 Å². The van der Waals surface area contributed by atoms with Crippen molar-refractivity contribution in [1.29, 1.82) is 0 Å². The molecule has 0 radical (unpaired) electrons. The molecule has 1 rings (SSSR count). The van der Waals surface area contributed by atoms with Crippen molar-refractivity contribution in [3.8, 4) is 0 Å². The second-order valence-electron chi connectivity index (χ2n) is 3.08. The molecule has 0 aliphatic rings. The number of aromatic nitrogens is 1. The van der Waals surface area contributed by atoms with Gasteiger partial charge in [0.25, 0.3) is 0 Å². The van der Waals surface area contributed by atoms with E-state index in [1.807, 2.05) is 0 Å². The molecule has 0 N–H and O–H groups in total. The van der Waals surface area contributed by atoms with Gasteiger partial charge in [0.1, 0.15) is 12.7 Å². The Balaban J connectivity index is 0.000000399. The molecule has 0 aromatic carbocycles. The van der Waals surface area contributed by atoms with Gasteiger partial charge in [-0.1, -0.05) is 0 Å². The number of pyridine rings is 1. The summed E-state index contributed by atoms with van der Waals surface area (Å²) in [7, 11) is -7.80. The Bertz CT molecular complexity index is 449. The van der Waals surface area contributed by atoms with Gasteiger partial charge in [0, 0.05) is 10.8 Å². The first-order valence-corrected chi connectivity index (χ1v) is 6.46. The molecule has 19 heavy (non-hydrogen) atoms. The number of methoxy groups -OCH3 is 1. The predicted molar refractivity (Wildman–Crippen MR) is 54.0 cm³/mol. The SMILES string of the molecule is COC(=O)c1ccc[n+](OC)c1.F[P-](F)(F)(F)(F)F. The molecule has 0 atom stereocenters. The summed E-state index contributed by atoms with van der Waals surface area (Å²) in [6.07, 6.45) is 3.23. The van der Waals surface area contributed by atoms with Crippen molar-refractivity contribution in [2.24, 2.45) is 0 Å². The zero-order valence-electron chi connectivity index (χ0n) is 9.70. The molecule has 0 unspecified atom stereocenters. The molecule has 0 saturated carbocycles. The second kappa shape index (κ2) is 4.84. The fraction of sp³-hybridized carbons (Fsp3) is 0.250. The first-order chi connectivity index (χ1) is 8.22. The van der Waals surface area contributed by atoms with E-state index < -0.39 is 7.81 Å². The van der Waals surface area contributed by atoms with Gasteiger partial charge in [-0.25, -0.2) is 4.79 Å². The maximum atomic E-state index is 11.0.